The summed E-state index contributed by atoms with van der Waals surface area (Å²) in [7, 11) is 0. The number of aromatic nitrogens is 1. The normalized spacial score (nSPS) is 10.2. The van der Waals surface area contributed by atoms with Gasteiger partial charge in [0.15, 0.2) is 0 Å². The van der Waals surface area contributed by atoms with Gasteiger partial charge in [-0.25, -0.2) is 0 Å². The molecule has 0 saturated heterocycles. The fourth-order valence-electron chi connectivity index (χ4n) is 1.69. The lowest BCUT2D eigenvalue weighted by Gasteiger charge is -2.06. The summed E-state index contributed by atoms with van der Waals surface area (Å²) >= 11 is 2.12. The van der Waals surface area contributed by atoms with E-state index in [1.807, 2.05) is 25.1 Å². The van der Waals surface area contributed by atoms with Crippen molar-refractivity contribution in [1.29, 1.82) is 0 Å². The van der Waals surface area contributed by atoms with Crippen molar-refractivity contribution in [2.45, 2.75) is 13.3 Å². The molecule has 2 rings (SSSR count). The van der Waals surface area contributed by atoms with Gasteiger partial charge in [0.1, 0.15) is 5.56 Å². The van der Waals surface area contributed by atoms with Gasteiger partial charge in [0.25, 0.3) is 11.5 Å². The highest BCUT2D eigenvalue weighted by molar-refractivity contribution is 14.1. The standard InChI is InChI=1S/C14H13IN2O2/c1-2-12-11(15)8-10(14(19)17-12)13(18)16-9-6-4-3-5-7-9/h3-8H,2H2,1H3,(H,16,18)(H,17,19). The summed E-state index contributed by atoms with van der Waals surface area (Å²) in [5.74, 6) is -0.395. The number of amides is 1. The minimum absolute atomic E-state index is 0.130. The van der Waals surface area contributed by atoms with Crippen LogP contribution in [0.4, 0.5) is 5.69 Å². The van der Waals surface area contributed by atoms with Gasteiger partial charge in [-0.1, -0.05) is 25.1 Å². The van der Waals surface area contributed by atoms with Crippen molar-refractivity contribution in [3.8, 4) is 0 Å². The van der Waals surface area contributed by atoms with Crippen molar-refractivity contribution in [3.63, 3.8) is 0 Å². The molecule has 19 heavy (non-hydrogen) atoms. The Morgan fingerprint density at radius 1 is 1.32 bits per heavy atom. The van der Waals surface area contributed by atoms with E-state index in [0.29, 0.717) is 5.69 Å². The lowest BCUT2D eigenvalue weighted by atomic mass is 10.2. The number of nitrogens with one attached hydrogen (secondary N) is 2. The molecule has 1 aromatic carbocycles. The molecule has 0 radical (unpaired) electrons. The SMILES string of the molecule is CCc1[nH]c(=O)c(C(=O)Nc2ccccc2)cc1I. The van der Waals surface area contributed by atoms with Crippen LogP contribution in [-0.4, -0.2) is 10.9 Å². The maximum Gasteiger partial charge on any atom is 0.261 e. The molecule has 0 bridgehead atoms. The monoisotopic (exact) mass is 368 g/mol. The van der Waals surface area contributed by atoms with Gasteiger partial charge in [0, 0.05) is 15.0 Å². The molecule has 0 aliphatic carbocycles. The van der Waals surface area contributed by atoms with Crippen molar-refractivity contribution in [2.75, 3.05) is 5.32 Å². The molecule has 98 valence electrons. The van der Waals surface area contributed by atoms with Crippen LogP contribution >= 0.6 is 22.6 Å². The van der Waals surface area contributed by atoms with E-state index in [9.17, 15) is 9.59 Å². The summed E-state index contributed by atoms with van der Waals surface area (Å²) in [6.07, 6.45) is 0.730. The van der Waals surface area contributed by atoms with Crippen LogP contribution in [0.1, 0.15) is 23.0 Å². The highest BCUT2D eigenvalue weighted by atomic mass is 127. The number of aryl methyl sites for hydroxylation is 1. The quantitative estimate of drug-likeness (QED) is 0.819. The highest BCUT2D eigenvalue weighted by Gasteiger charge is 2.13. The molecule has 2 aromatic rings. The van der Waals surface area contributed by atoms with Crippen LogP contribution in [0.2, 0.25) is 0 Å². The Morgan fingerprint density at radius 2 is 2.00 bits per heavy atom. The maximum absolute atomic E-state index is 12.1. The number of carbonyl (C=O) groups excluding carboxylic acids is 1. The Balaban J connectivity index is 2.30. The third kappa shape index (κ3) is 3.23. The van der Waals surface area contributed by atoms with Crippen LogP contribution < -0.4 is 10.9 Å². The first-order chi connectivity index (χ1) is 9.11. The van der Waals surface area contributed by atoms with Crippen molar-refractivity contribution in [2.24, 2.45) is 0 Å². The van der Waals surface area contributed by atoms with Crippen LogP contribution in [0.5, 0.6) is 0 Å². The minimum Gasteiger partial charge on any atom is -0.324 e. The number of anilines is 1. The smallest absolute Gasteiger partial charge is 0.261 e. The summed E-state index contributed by atoms with van der Waals surface area (Å²) in [6.45, 7) is 1.96. The lowest BCUT2D eigenvalue weighted by Crippen LogP contribution is -2.24. The van der Waals surface area contributed by atoms with Gasteiger partial charge in [-0.2, -0.15) is 0 Å². The van der Waals surface area contributed by atoms with Crippen molar-refractivity contribution < 1.29 is 4.79 Å². The average Bonchev–Trinajstić information content (AvgIpc) is 2.42. The molecule has 0 aliphatic rings. The summed E-state index contributed by atoms with van der Waals surface area (Å²) in [4.78, 5) is 26.7. The van der Waals surface area contributed by atoms with E-state index in [4.69, 9.17) is 0 Å². The number of hydrogen-bond donors (Lipinski definition) is 2. The molecular weight excluding hydrogens is 355 g/mol. The number of H-pyrrole nitrogens is 1. The number of aromatic amines is 1. The molecule has 5 heteroatoms. The number of halogens is 1. The van der Waals surface area contributed by atoms with Gasteiger partial charge in [-0.05, 0) is 47.2 Å². The molecule has 0 atom stereocenters. The molecule has 1 amide bonds. The second-order valence-electron chi connectivity index (χ2n) is 4.01. The number of para-hydroxylation sites is 1. The summed E-state index contributed by atoms with van der Waals surface area (Å²) in [5.41, 5.74) is 1.29. The largest absolute Gasteiger partial charge is 0.324 e. The van der Waals surface area contributed by atoms with E-state index in [0.717, 1.165) is 15.7 Å². The van der Waals surface area contributed by atoms with E-state index in [2.05, 4.69) is 32.9 Å². The third-order valence-corrected chi connectivity index (χ3v) is 3.66. The molecule has 0 spiro atoms. The predicted molar refractivity (Wildman–Crippen MR) is 83.6 cm³/mol. The van der Waals surface area contributed by atoms with Crippen LogP contribution in [-0.2, 0) is 6.42 Å². The van der Waals surface area contributed by atoms with Gasteiger partial charge in [0.05, 0.1) is 0 Å². The molecule has 0 saturated carbocycles. The molecule has 0 fully saturated rings. The topological polar surface area (TPSA) is 62.0 Å². The average molecular weight is 368 g/mol. The Labute approximate surface area is 124 Å². The fourth-order valence-corrected chi connectivity index (χ4v) is 2.52. The second-order valence-corrected chi connectivity index (χ2v) is 5.17. The van der Waals surface area contributed by atoms with Crippen molar-refractivity contribution in [1.82, 2.24) is 4.98 Å². The minimum atomic E-state index is -0.395. The molecule has 0 aliphatic heterocycles. The number of benzene rings is 1. The van der Waals surface area contributed by atoms with Crippen LogP contribution in [0.3, 0.4) is 0 Å². The lowest BCUT2D eigenvalue weighted by molar-refractivity contribution is 0.102. The molecule has 4 nitrogen and oxygen atoms in total. The Hall–Kier alpha value is -1.63. The summed E-state index contributed by atoms with van der Waals surface area (Å²) < 4.78 is 0.887. The first kappa shape index (κ1) is 13.8. The second kappa shape index (κ2) is 6.01. The van der Waals surface area contributed by atoms with E-state index >= 15 is 0 Å². The Kier molecular flexibility index (Phi) is 4.36. The van der Waals surface area contributed by atoms with Crippen molar-refractivity contribution in [3.05, 3.63) is 61.6 Å². The van der Waals surface area contributed by atoms with Gasteiger partial charge in [0.2, 0.25) is 0 Å². The molecule has 2 N–H and O–H groups in total. The van der Waals surface area contributed by atoms with E-state index in [1.54, 1.807) is 18.2 Å². The first-order valence-corrected chi connectivity index (χ1v) is 6.97. The summed E-state index contributed by atoms with van der Waals surface area (Å²) in [6, 6.07) is 10.7. The van der Waals surface area contributed by atoms with Gasteiger partial charge >= 0.3 is 0 Å². The zero-order valence-corrected chi connectivity index (χ0v) is 12.5. The first-order valence-electron chi connectivity index (χ1n) is 5.90. The molecule has 0 unspecified atom stereocenters. The van der Waals surface area contributed by atoms with Gasteiger partial charge in [-0.3, -0.25) is 9.59 Å². The number of pyridine rings is 1. The third-order valence-electron chi connectivity index (χ3n) is 2.70. The maximum atomic E-state index is 12.1. The zero-order valence-electron chi connectivity index (χ0n) is 10.4. The van der Waals surface area contributed by atoms with Gasteiger partial charge < -0.3 is 10.3 Å². The van der Waals surface area contributed by atoms with Crippen molar-refractivity contribution >= 4 is 34.2 Å². The van der Waals surface area contributed by atoms with E-state index in [1.165, 1.54) is 0 Å². The number of carbonyl (C=O) groups is 1. The molecular formula is C14H13IN2O2. The summed E-state index contributed by atoms with van der Waals surface area (Å²) in [5, 5.41) is 2.70. The van der Waals surface area contributed by atoms with E-state index < -0.39 is 5.91 Å². The predicted octanol–water partition coefficient (Wildman–Crippen LogP) is 2.79. The van der Waals surface area contributed by atoms with Gasteiger partial charge in [-0.15, -0.1) is 0 Å². The molecule has 1 heterocycles. The number of rotatable bonds is 3. The van der Waals surface area contributed by atoms with Crippen LogP contribution in [0, 0.1) is 3.57 Å². The Bertz CT molecular complexity index is 650. The highest BCUT2D eigenvalue weighted by Crippen LogP contribution is 2.12. The molecule has 1 aromatic heterocycles. The van der Waals surface area contributed by atoms with Crippen LogP contribution in [0.25, 0.3) is 0 Å². The van der Waals surface area contributed by atoms with E-state index in [-0.39, 0.29) is 11.1 Å². The van der Waals surface area contributed by atoms with Crippen LogP contribution in [0.15, 0.2) is 41.2 Å². The fraction of sp³-hybridized carbons (Fsp3) is 0.143. The zero-order chi connectivity index (χ0) is 13.8. The number of hydrogen-bond acceptors (Lipinski definition) is 2. The Morgan fingerprint density at radius 3 is 2.63 bits per heavy atom.